The van der Waals surface area contributed by atoms with E-state index in [1.165, 1.54) is 29.9 Å². The number of thiol groups is 1. The molecule has 3 aliphatic rings. The minimum absolute atomic E-state index is 0.0779. The predicted octanol–water partition coefficient (Wildman–Crippen LogP) is 3.43. The zero-order valence-electron chi connectivity index (χ0n) is 27.9. The molecule has 0 aromatic carbocycles. The number of hydrogen-bond acceptors (Lipinski definition) is 17. The summed E-state index contributed by atoms with van der Waals surface area (Å²) in [6, 6.07) is 0. The average Bonchev–Trinajstić information content (AvgIpc) is 3.80. The first-order chi connectivity index (χ1) is 23.9. The van der Waals surface area contributed by atoms with Crippen molar-refractivity contribution >= 4 is 79.9 Å². The van der Waals surface area contributed by atoms with Crippen LogP contribution in [-0.4, -0.2) is 102 Å². The number of rotatable bonds is 4. The van der Waals surface area contributed by atoms with Gasteiger partial charge in [0.2, 0.25) is 0 Å². The average molecular weight is 807 g/mol. The van der Waals surface area contributed by atoms with Crippen LogP contribution in [0, 0.1) is 0 Å². The van der Waals surface area contributed by atoms with Gasteiger partial charge in [-0.3, -0.25) is 22.7 Å². The second-order valence-electron chi connectivity index (χ2n) is 13.8. The third kappa shape index (κ3) is 6.97. The van der Waals surface area contributed by atoms with E-state index >= 15 is 4.39 Å². The Hall–Kier alpha value is -2.24. The molecule has 25 heteroatoms. The highest BCUT2D eigenvalue weighted by Crippen LogP contribution is 2.59. The third-order valence-electron chi connectivity index (χ3n) is 9.43. The van der Waals surface area contributed by atoms with Crippen molar-refractivity contribution in [3.05, 3.63) is 25.3 Å². The standard InChI is InChI=1S/C26H37FN10O9P2S2Si/c1-26(2,3)51(4,5)46-19-18-13(43-25(19)37-11-35-16-21(29)31-9-33-23(16)37)7-41-47(38,49)44-17-12(6-40-48(39,50)45-18)42-24(14(17)27)36-10-34-15-20(28)30-8-32-22(15)36/h8-14,17-19,24-25H,6-7H2,1-5H3,(H,38,49)(H,39,50)(H2,28,30,32)(H2,29,31,33)/t12-,13-,14-,17-,18-,19-,24-,25-,47?,48?/m1/s1. The zero-order valence-corrected chi connectivity index (χ0v) is 32.4. The quantitative estimate of drug-likeness (QED) is 0.131. The lowest BCUT2D eigenvalue weighted by Gasteiger charge is -2.41. The summed E-state index contributed by atoms with van der Waals surface area (Å²) >= 11 is 9.67. The Kier molecular flexibility index (Phi) is 9.64. The SMILES string of the molecule is CC(C)(C)[Si](C)(C)O[C@@H]1[C@@H]2OP(O)(=S)OC[C@H]3O[C@@H](n4cnc5c(N)ncnc54)[C@H](F)[C@@H]3OP(=O)(S)OC[C@H]2O[C@H]1n1cnc2c(N)ncnc21. The molecule has 51 heavy (non-hydrogen) atoms. The van der Waals surface area contributed by atoms with Gasteiger partial charge in [-0.1, -0.05) is 33.0 Å². The lowest BCUT2D eigenvalue weighted by Crippen LogP contribution is -2.49. The van der Waals surface area contributed by atoms with Gasteiger partial charge in [-0.05, 0) is 29.9 Å². The number of nitrogens with two attached hydrogens (primary N) is 2. The van der Waals surface area contributed by atoms with E-state index in [-0.39, 0.29) is 27.8 Å². The molecule has 0 saturated carbocycles. The number of nitrogens with zero attached hydrogens (tertiary/aromatic N) is 8. The summed E-state index contributed by atoms with van der Waals surface area (Å²) in [5.74, 6) is 0.228. The van der Waals surface area contributed by atoms with Gasteiger partial charge in [-0.15, -0.1) is 0 Å². The number of imidazole rings is 2. The maximum absolute atomic E-state index is 16.2. The van der Waals surface area contributed by atoms with Crippen molar-refractivity contribution in [1.29, 1.82) is 0 Å². The topological polar surface area (TPSA) is 241 Å². The number of anilines is 2. The first-order valence-electron chi connectivity index (χ1n) is 15.7. The van der Waals surface area contributed by atoms with E-state index in [9.17, 15) is 9.46 Å². The van der Waals surface area contributed by atoms with E-state index in [1.54, 1.807) is 4.57 Å². The Balaban J connectivity index is 1.23. The van der Waals surface area contributed by atoms with Gasteiger partial charge in [0.15, 0.2) is 49.9 Å². The van der Waals surface area contributed by atoms with Crippen molar-refractivity contribution in [3.63, 3.8) is 0 Å². The van der Waals surface area contributed by atoms with Crippen LogP contribution in [0.3, 0.4) is 0 Å². The van der Waals surface area contributed by atoms with Crippen LogP contribution in [0.2, 0.25) is 18.1 Å². The van der Waals surface area contributed by atoms with Crippen molar-refractivity contribution in [2.45, 2.75) is 88.1 Å². The van der Waals surface area contributed by atoms with Gasteiger partial charge >= 0.3 is 13.5 Å². The molecule has 10 atom stereocenters. The van der Waals surface area contributed by atoms with Gasteiger partial charge in [-0.2, -0.15) is 0 Å². The van der Waals surface area contributed by atoms with Crippen molar-refractivity contribution < 1.29 is 45.8 Å². The molecular formula is C26H37FN10O9P2S2Si. The van der Waals surface area contributed by atoms with Crippen LogP contribution in [0.1, 0.15) is 33.2 Å². The van der Waals surface area contributed by atoms with Crippen LogP contribution < -0.4 is 11.5 Å². The normalized spacial score (nSPS) is 35.4. The molecule has 7 heterocycles. The molecule has 0 radical (unpaired) electrons. The monoisotopic (exact) mass is 806 g/mol. The van der Waals surface area contributed by atoms with Gasteiger partial charge in [0, 0.05) is 0 Å². The Morgan fingerprint density at radius 3 is 2.04 bits per heavy atom. The highest BCUT2D eigenvalue weighted by Gasteiger charge is 2.56. The molecule has 0 bridgehead atoms. The van der Waals surface area contributed by atoms with Gasteiger partial charge in [0.25, 0.3) is 0 Å². The second kappa shape index (κ2) is 13.3. The second-order valence-corrected chi connectivity index (χ2v) is 24.2. The van der Waals surface area contributed by atoms with E-state index in [0.29, 0.717) is 11.2 Å². The molecule has 4 aromatic rings. The number of halogens is 1. The Bertz CT molecular complexity index is 2060. The zero-order chi connectivity index (χ0) is 36.7. The van der Waals surface area contributed by atoms with E-state index < -0.39 is 84.2 Å². The predicted molar refractivity (Wildman–Crippen MR) is 189 cm³/mol. The fourth-order valence-corrected chi connectivity index (χ4v) is 10.0. The molecule has 3 saturated heterocycles. The largest absolute Gasteiger partial charge is 0.407 e. The minimum Gasteiger partial charge on any atom is -0.407 e. The smallest absolute Gasteiger partial charge is 0.386 e. The summed E-state index contributed by atoms with van der Waals surface area (Å²) in [6.07, 6.45) is -5.22. The molecule has 19 nitrogen and oxygen atoms in total. The number of nitrogen functional groups attached to an aromatic ring is 2. The molecule has 3 fully saturated rings. The van der Waals surface area contributed by atoms with Crippen molar-refractivity contribution in [3.8, 4) is 0 Å². The summed E-state index contributed by atoms with van der Waals surface area (Å²) in [5.41, 5.74) is 13.0. The van der Waals surface area contributed by atoms with Crippen LogP contribution in [0.15, 0.2) is 25.3 Å². The first kappa shape index (κ1) is 37.1. The summed E-state index contributed by atoms with van der Waals surface area (Å²) in [6.45, 7) is 0.681. The molecule has 3 aliphatic heterocycles. The number of fused-ring (bicyclic) bond motifs is 4. The van der Waals surface area contributed by atoms with Crippen molar-refractivity contribution in [2.24, 2.45) is 0 Å². The Morgan fingerprint density at radius 2 is 1.45 bits per heavy atom. The van der Waals surface area contributed by atoms with Crippen LogP contribution in [0.4, 0.5) is 16.0 Å². The number of hydrogen-bond donors (Lipinski definition) is 4. The summed E-state index contributed by atoms with van der Waals surface area (Å²) in [5, 5.41) is -0.279. The molecule has 278 valence electrons. The number of ether oxygens (including phenoxy) is 2. The highest BCUT2D eigenvalue weighted by molar-refractivity contribution is 8.44. The molecule has 0 aliphatic carbocycles. The summed E-state index contributed by atoms with van der Waals surface area (Å²) in [7, 11) is -2.62. The third-order valence-corrected chi connectivity index (χ3v) is 17.1. The van der Waals surface area contributed by atoms with E-state index in [1.807, 2.05) is 13.1 Å². The van der Waals surface area contributed by atoms with Crippen molar-refractivity contribution in [1.82, 2.24) is 39.0 Å². The van der Waals surface area contributed by atoms with E-state index in [0.717, 1.165) is 0 Å². The molecule has 5 N–H and O–H groups in total. The lowest BCUT2D eigenvalue weighted by atomic mass is 10.1. The summed E-state index contributed by atoms with van der Waals surface area (Å²) in [4.78, 5) is 36.5. The van der Waals surface area contributed by atoms with Crippen LogP contribution in [-0.2, 0) is 48.4 Å². The fraction of sp³-hybridized carbons (Fsp3) is 0.615. The van der Waals surface area contributed by atoms with Crippen LogP contribution in [0.25, 0.3) is 22.3 Å². The van der Waals surface area contributed by atoms with Gasteiger partial charge in [0.1, 0.15) is 54.2 Å². The van der Waals surface area contributed by atoms with E-state index in [4.69, 9.17) is 55.3 Å². The maximum atomic E-state index is 16.2. The fourth-order valence-electron chi connectivity index (χ4n) is 5.83. The minimum atomic E-state index is -4.35. The van der Waals surface area contributed by atoms with Crippen molar-refractivity contribution in [2.75, 3.05) is 24.7 Å². The molecule has 0 spiro atoms. The molecule has 0 amide bonds. The van der Waals surface area contributed by atoms with Crippen LogP contribution >= 0.6 is 25.8 Å². The maximum Gasteiger partial charge on any atom is 0.386 e. The van der Waals surface area contributed by atoms with Crippen LogP contribution in [0.5, 0.6) is 0 Å². The highest BCUT2D eigenvalue weighted by atomic mass is 32.7. The lowest BCUT2D eigenvalue weighted by molar-refractivity contribution is -0.0568. The first-order valence-corrected chi connectivity index (χ1v) is 23.9. The van der Waals surface area contributed by atoms with Gasteiger partial charge in [0.05, 0.1) is 25.9 Å². The molecule has 2 unspecified atom stereocenters. The molecular weight excluding hydrogens is 770 g/mol. The molecule has 4 aromatic heterocycles. The number of aromatic nitrogens is 8. The molecule has 7 rings (SSSR count). The summed E-state index contributed by atoms with van der Waals surface area (Å²) < 4.78 is 75.7. The Morgan fingerprint density at radius 1 is 0.922 bits per heavy atom. The number of alkyl halides is 1. The van der Waals surface area contributed by atoms with E-state index in [2.05, 4.69) is 62.9 Å². The van der Waals surface area contributed by atoms with Gasteiger partial charge < -0.3 is 34.8 Å². The Labute approximate surface area is 302 Å². The van der Waals surface area contributed by atoms with Gasteiger partial charge in [-0.25, -0.2) is 38.9 Å².